The summed E-state index contributed by atoms with van der Waals surface area (Å²) in [5.41, 5.74) is 5.72. The van der Waals surface area contributed by atoms with Crippen molar-refractivity contribution in [3.63, 3.8) is 0 Å². The summed E-state index contributed by atoms with van der Waals surface area (Å²) in [6.07, 6.45) is 9.48. The van der Waals surface area contributed by atoms with Gasteiger partial charge >= 0.3 is 0 Å². The average Bonchev–Trinajstić information content (AvgIpc) is 2.94. The number of aliphatic hydroxyl groups is 1. The summed E-state index contributed by atoms with van der Waals surface area (Å²) >= 11 is 0. The molecule has 2 aliphatic rings. The molecule has 1 atom stereocenters. The van der Waals surface area contributed by atoms with Gasteiger partial charge in [0.1, 0.15) is 0 Å². The summed E-state index contributed by atoms with van der Waals surface area (Å²) in [6.45, 7) is 1.96. The van der Waals surface area contributed by atoms with E-state index in [1.54, 1.807) is 0 Å². The van der Waals surface area contributed by atoms with E-state index in [1.165, 1.54) is 25.7 Å². The van der Waals surface area contributed by atoms with Crippen molar-refractivity contribution in [1.82, 2.24) is 4.90 Å². The Morgan fingerprint density at radius 3 is 2.50 bits per heavy atom. The second-order valence-corrected chi connectivity index (χ2v) is 6.58. The first-order chi connectivity index (χ1) is 9.74. The molecule has 1 aliphatic heterocycles. The van der Waals surface area contributed by atoms with Crippen LogP contribution in [0, 0.1) is 11.8 Å². The van der Waals surface area contributed by atoms with Gasteiger partial charge in [-0.3, -0.25) is 4.79 Å². The lowest BCUT2D eigenvalue weighted by Crippen LogP contribution is -2.37. The van der Waals surface area contributed by atoms with Crippen LogP contribution >= 0.6 is 0 Å². The van der Waals surface area contributed by atoms with Gasteiger partial charge in [0.2, 0.25) is 5.91 Å². The molecule has 0 aromatic rings. The van der Waals surface area contributed by atoms with E-state index < -0.39 is 0 Å². The molecule has 0 aromatic heterocycles. The first-order valence-electron chi connectivity index (χ1n) is 8.35. The van der Waals surface area contributed by atoms with Crippen molar-refractivity contribution < 1.29 is 9.90 Å². The largest absolute Gasteiger partial charge is 0.396 e. The maximum atomic E-state index is 12.5. The summed E-state index contributed by atoms with van der Waals surface area (Å²) in [7, 11) is 0. The van der Waals surface area contributed by atoms with Gasteiger partial charge in [-0.05, 0) is 69.7 Å². The number of hydrogen-bond acceptors (Lipinski definition) is 3. The van der Waals surface area contributed by atoms with Crippen molar-refractivity contribution in [3.8, 4) is 0 Å². The average molecular weight is 282 g/mol. The van der Waals surface area contributed by atoms with E-state index in [2.05, 4.69) is 4.90 Å². The molecule has 4 nitrogen and oxygen atoms in total. The minimum absolute atomic E-state index is 0.238. The number of likely N-dealkylation sites (tertiary alicyclic amines) is 1. The Kier molecular flexibility index (Phi) is 6.30. The van der Waals surface area contributed by atoms with Crippen LogP contribution in [0.15, 0.2) is 0 Å². The molecule has 2 rings (SSSR count). The number of nitrogens with two attached hydrogens (primary N) is 1. The van der Waals surface area contributed by atoms with Gasteiger partial charge in [-0.1, -0.05) is 0 Å². The third kappa shape index (κ3) is 4.19. The Morgan fingerprint density at radius 1 is 1.15 bits per heavy atom. The minimum atomic E-state index is 0.238. The van der Waals surface area contributed by atoms with E-state index in [0.29, 0.717) is 23.8 Å². The molecule has 1 saturated carbocycles. The minimum Gasteiger partial charge on any atom is -0.396 e. The van der Waals surface area contributed by atoms with E-state index in [1.807, 2.05) is 0 Å². The summed E-state index contributed by atoms with van der Waals surface area (Å²) in [4.78, 5) is 14.6. The van der Waals surface area contributed by atoms with Crippen molar-refractivity contribution in [2.45, 2.75) is 63.8 Å². The van der Waals surface area contributed by atoms with E-state index in [-0.39, 0.29) is 6.61 Å². The maximum absolute atomic E-state index is 12.5. The third-order valence-electron chi connectivity index (χ3n) is 5.16. The number of hydrogen-bond donors (Lipinski definition) is 2. The van der Waals surface area contributed by atoms with Gasteiger partial charge in [0, 0.05) is 25.6 Å². The van der Waals surface area contributed by atoms with Gasteiger partial charge in [-0.25, -0.2) is 0 Å². The fourth-order valence-corrected chi connectivity index (χ4v) is 3.83. The molecule has 2 fully saturated rings. The number of nitrogens with zero attached hydrogens (tertiary/aromatic N) is 1. The van der Waals surface area contributed by atoms with E-state index in [4.69, 9.17) is 10.8 Å². The molecule has 1 unspecified atom stereocenters. The second-order valence-electron chi connectivity index (χ2n) is 6.58. The van der Waals surface area contributed by atoms with E-state index in [0.717, 1.165) is 45.2 Å². The quantitative estimate of drug-likeness (QED) is 0.782. The standard InChI is InChI=1S/C16H30N2O2/c17-12-14-7-5-13(6-8-14)11-16(20)18-9-1-3-15(18)4-2-10-19/h13-15,19H,1-12,17H2. The predicted molar refractivity (Wildman–Crippen MR) is 80.2 cm³/mol. The number of amides is 1. The normalized spacial score (nSPS) is 30.7. The highest BCUT2D eigenvalue weighted by Gasteiger charge is 2.30. The zero-order chi connectivity index (χ0) is 14.4. The lowest BCUT2D eigenvalue weighted by Gasteiger charge is -2.30. The van der Waals surface area contributed by atoms with Crippen LogP contribution in [-0.4, -0.2) is 41.7 Å². The van der Waals surface area contributed by atoms with Crippen LogP contribution in [0.4, 0.5) is 0 Å². The van der Waals surface area contributed by atoms with E-state index >= 15 is 0 Å². The molecule has 1 heterocycles. The molecule has 1 amide bonds. The molecule has 4 heteroatoms. The Bertz CT molecular complexity index is 301. The smallest absolute Gasteiger partial charge is 0.223 e. The Balaban J connectivity index is 1.76. The summed E-state index contributed by atoms with van der Waals surface area (Å²) in [5, 5.41) is 8.95. The van der Waals surface area contributed by atoms with Crippen molar-refractivity contribution in [3.05, 3.63) is 0 Å². The molecule has 3 N–H and O–H groups in total. The van der Waals surface area contributed by atoms with Crippen molar-refractivity contribution in [1.29, 1.82) is 0 Å². The number of carbonyl (C=O) groups is 1. The lowest BCUT2D eigenvalue weighted by molar-refractivity contribution is -0.133. The van der Waals surface area contributed by atoms with Crippen molar-refractivity contribution >= 4 is 5.91 Å². The van der Waals surface area contributed by atoms with Crippen LogP contribution in [0.5, 0.6) is 0 Å². The number of carbonyl (C=O) groups excluding carboxylic acids is 1. The first kappa shape index (κ1) is 15.8. The molecule has 20 heavy (non-hydrogen) atoms. The first-order valence-corrected chi connectivity index (χ1v) is 8.35. The fraction of sp³-hybridized carbons (Fsp3) is 0.938. The van der Waals surface area contributed by atoms with Crippen LogP contribution in [0.2, 0.25) is 0 Å². The number of rotatable bonds is 6. The van der Waals surface area contributed by atoms with Crippen molar-refractivity contribution in [2.75, 3.05) is 19.7 Å². The third-order valence-corrected chi connectivity index (χ3v) is 5.16. The molecule has 0 aromatic carbocycles. The Morgan fingerprint density at radius 2 is 1.85 bits per heavy atom. The highest BCUT2D eigenvalue weighted by atomic mass is 16.3. The van der Waals surface area contributed by atoms with Gasteiger partial charge in [-0.2, -0.15) is 0 Å². The highest BCUT2D eigenvalue weighted by molar-refractivity contribution is 5.77. The molecule has 116 valence electrons. The summed E-state index contributed by atoms with van der Waals surface area (Å²) in [6, 6.07) is 0.384. The van der Waals surface area contributed by atoms with Gasteiger partial charge < -0.3 is 15.7 Å². The van der Waals surface area contributed by atoms with Crippen LogP contribution in [-0.2, 0) is 4.79 Å². The van der Waals surface area contributed by atoms with Crippen LogP contribution < -0.4 is 5.73 Å². The van der Waals surface area contributed by atoms with Crippen LogP contribution in [0.1, 0.15) is 57.8 Å². The fourth-order valence-electron chi connectivity index (χ4n) is 3.83. The van der Waals surface area contributed by atoms with Gasteiger partial charge in [0.15, 0.2) is 0 Å². The molecular formula is C16H30N2O2. The highest BCUT2D eigenvalue weighted by Crippen LogP contribution is 2.32. The van der Waals surface area contributed by atoms with Crippen LogP contribution in [0.3, 0.4) is 0 Å². The van der Waals surface area contributed by atoms with Crippen molar-refractivity contribution in [2.24, 2.45) is 17.6 Å². The predicted octanol–water partition coefficient (Wildman–Crippen LogP) is 1.91. The zero-order valence-electron chi connectivity index (χ0n) is 12.6. The van der Waals surface area contributed by atoms with E-state index in [9.17, 15) is 4.79 Å². The van der Waals surface area contributed by atoms with Gasteiger partial charge in [-0.15, -0.1) is 0 Å². The summed E-state index contributed by atoms with van der Waals surface area (Å²) in [5.74, 6) is 1.61. The molecule has 1 aliphatic carbocycles. The Labute approximate surface area is 122 Å². The zero-order valence-corrected chi connectivity index (χ0v) is 12.6. The van der Waals surface area contributed by atoms with Gasteiger partial charge in [0.25, 0.3) is 0 Å². The molecule has 1 saturated heterocycles. The monoisotopic (exact) mass is 282 g/mol. The lowest BCUT2D eigenvalue weighted by atomic mass is 9.80. The number of aliphatic hydroxyl groups excluding tert-OH is 1. The second kappa shape index (κ2) is 7.99. The van der Waals surface area contributed by atoms with Gasteiger partial charge in [0.05, 0.1) is 0 Å². The molecular weight excluding hydrogens is 252 g/mol. The molecule has 0 spiro atoms. The maximum Gasteiger partial charge on any atom is 0.223 e. The Hall–Kier alpha value is -0.610. The summed E-state index contributed by atoms with van der Waals surface area (Å²) < 4.78 is 0. The molecule has 0 radical (unpaired) electrons. The molecule has 0 bridgehead atoms. The topological polar surface area (TPSA) is 66.6 Å². The SMILES string of the molecule is NCC1CCC(CC(=O)N2CCCC2CCCO)CC1. The van der Waals surface area contributed by atoms with Crippen LogP contribution in [0.25, 0.3) is 0 Å².